The zero-order valence-corrected chi connectivity index (χ0v) is 11.4. The van der Waals surface area contributed by atoms with Crippen molar-refractivity contribution in [1.82, 2.24) is 4.90 Å². The minimum absolute atomic E-state index is 0.0786. The predicted octanol–water partition coefficient (Wildman–Crippen LogP) is 3.38. The smallest absolute Gasteiger partial charge is 0.179 e. The van der Waals surface area contributed by atoms with Crippen LogP contribution < -0.4 is 0 Å². The third kappa shape index (κ3) is 3.20. The van der Waals surface area contributed by atoms with Crippen LogP contribution >= 0.6 is 0 Å². The minimum Gasteiger partial charge on any atom is -0.293 e. The lowest BCUT2D eigenvalue weighted by atomic mass is 9.95. The second-order valence-corrected chi connectivity index (χ2v) is 5.62. The number of hydrogen-bond acceptors (Lipinski definition) is 2. The number of hydrogen-bond donors (Lipinski definition) is 0. The van der Waals surface area contributed by atoms with Crippen molar-refractivity contribution in [2.24, 2.45) is 5.92 Å². The molecule has 0 unspecified atom stereocenters. The molecule has 18 heavy (non-hydrogen) atoms. The Hall–Kier alpha value is -1.15. The topological polar surface area (TPSA) is 20.3 Å². The standard InChI is InChI=1S/C16H23NO/c1-13(2)12-15(17-10-6-7-11-17)16(18)14-8-4-3-5-9-14/h3-5,8-9,13,15H,6-7,10-12H2,1-2H3/t15-/m0/s1. The van der Waals surface area contributed by atoms with Gasteiger partial charge in [0.2, 0.25) is 0 Å². The Balaban J connectivity index is 2.15. The summed E-state index contributed by atoms with van der Waals surface area (Å²) >= 11 is 0. The van der Waals surface area contributed by atoms with Crippen molar-refractivity contribution in [3.8, 4) is 0 Å². The summed E-state index contributed by atoms with van der Waals surface area (Å²) in [5.41, 5.74) is 0.857. The summed E-state index contributed by atoms with van der Waals surface area (Å²) in [5, 5.41) is 0. The molecule has 2 heteroatoms. The van der Waals surface area contributed by atoms with Crippen LogP contribution in [0.4, 0.5) is 0 Å². The SMILES string of the molecule is CC(C)C[C@@H](C(=O)c1ccccc1)N1CCCC1. The number of carbonyl (C=O) groups excluding carboxylic acids is 1. The second kappa shape index (κ2) is 6.14. The maximum atomic E-state index is 12.6. The predicted molar refractivity (Wildman–Crippen MR) is 74.8 cm³/mol. The fraction of sp³-hybridized carbons (Fsp3) is 0.562. The van der Waals surface area contributed by atoms with Gasteiger partial charge in [-0.05, 0) is 38.3 Å². The summed E-state index contributed by atoms with van der Waals surface area (Å²) in [7, 11) is 0. The molecule has 0 saturated carbocycles. The fourth-order valence-electron chi connectivity index (χ4n) is 2.72. The molecule has 0 bridgehead atoms. The molecule has 0 spiro atoms. The first-order chi connectivity index (χ1) is 8.68. The van der Waals surface area contributed by atoms with E-state index < -0.39 is 0 Å². The molecule has 1 aliphatic rings. The Kier molecular flexibility index (Phi) is 4.54. The second-order valence-electron chi connectivity index (χ2n) is 5.62. The molecule has 1 aliphatic heterocycles. The van der Waals surface area contributed by atoms with Gasteiger partial charge in [0.25, 0.3) is 0 Å². The molecule has 1 aromatic rings. The van der Waals surface area contributed by atoms with Crippen molar-refractivity contribution in [2.45, 2.75) is 39.2 Å². The number of benzene rings is 1. The third-order valence-electron chi connectivity index (χ3n) is 3.64. The number of Topliss-reactive ketones (excluding diaryl/α,β-unsaturated/α-hetero) is 1. The van der Waals surface area contributed by atoms with Crippen LogP contribution in [0.25, 0.3) is 0 Å². The van der Waals surface area contributed by atoms with Crippen molar-refractivity contribution in [1.29, 1.82) is 0 Å². The molecule has 98 valence electrons. The van der Waals surface area contributed by atoms with Crippen LogP contribution in [0.1, 0.15) is 43.5 Å². The molecule has 1 heterocycles. The first-order valence-corrected chi connectivity index (χ1v) is 7.02. The van der Waals surface area contributed by atoms with Gasteiger partial charge in [0.05, 0.1) is 6.04 Å². The van der Waals surface area contributed by atoms with Crippen molar-refractivity contribution in [3.63, 3.8) is 0 Å². The molecule has 0 amide bonds. The summed E-state index contributed by atoms with van der Waals surface area (Å²) in [6, 6.07) is 9.81. The lowest BCUT2D eigenvalue weighted by Crippen LogP contribution is -2.40. The van der Waals surface area contributed by atoms with Crippen molar-refractivity contribution >= 4 is 5.78 Å². The summed E-state index contributed by atoms with van der Waals surface area (Å²) in [6.07, 6.45) is 3.43. The molecule has 1 fully saturated rings. The molecule has 0 radical (unpaired) electrons. The average molecular weight is 245 g/mol. The minimum atomic E-state index is 0.0786. The monoisotopic (exact) mass is 245 g/mol. The zero-order chi connectivity index (χ0) is 13.0. The van der Waals surface area contributed by atoms with Gasteiger partial charge in [-0.2, -0.15) is 0 Å². The van der Waals surface area contributed by atoms with Crippen LogP contribution in [0.2, 0.25) is 0 Å². The Morgan fingerprint density at radius 2 is 1.78 bits per heavy atom. The lowest BCUT2D eigenvalue weighted by Gasteiger charge is -2.27. The van der Waals surface area contributed by atoms with E-state index >= 15 is 0 Å². The molecule has 1 saturated heterocycles. The van der Waals surface area contributed by atoms with Crippen molar-refractivity contribution in [2.75, 3.05) is 13.1 Å². The fourth-order valence-corrected chi connectivity index (χ4v) is 2.72. The zero-order valence-electron chi connectivity index (χ0n) is 11.4. The Labute approximate surface area is 110 Å². The van der Waals surface area contributed by atoms with Crippen LogP contribution in [0.5, 0.6) is 0 Å². The highest BCUT2D eigenvalue weighted by Gasteiger charge is 2.29. The molecule has 2 nitrogen and oxygen atoms in total. The van der Waals surface area contributed by atoms with Gasteiger partial charge in [0, 0.05) is 5.56 Å². The largest absolute Gasteiger partial charge is 0.293 e. The van der Waals surface area contributed by atoms with E-state index in [2.05, 4.69) is 18.7 Å². The maximum Gasteiger partial charge on any atom is 0.179 e. The molecule has 1 atom stereocenters. The Bertz CT molecular complexity index is 379. The summed E-state index contributed by atoms with van der Waals surface area (Å²) in [4.78, 5) is 15.0. The van der Waals surface area contributed by atoms with E-state index in [-0.39, 0.29) is 6.04 Å². The van der Waals surface area contributed by atoms with E-state index in [1.807, 2.05) is 30.3 Å². The summed E-state index contributed by atoms with van der Waals surface area (Å²) < 4.78 is 0. The van der Waals surface area contributed by atoms with Crippen LogP contribution in [-0.4, -0.2) is 29.8 Å². The highest BCUT2D eigenvalue weighted by Crippen LogP contribution is 2.21. The van der Waals surface area contributed by atoms with Gasteiger partial charge in [-0.25, -0.2) is 0 Å². The maximum absolute atomic E-state index is 12.6. The van der Waals surface area contributed by atoms with E-state index in [9.17, 15) is 4.79 Å². The Morgan fingerprint density at radius 3 is 2.33 bits per heavy atom. The molecular weight excluding hydrogens is 222 g/mol. The summed E-state index contributed by atoms with van der Waals surface area (Å²) in [6.45, 7) is 6.55. The number of rotatable bonds is 5. The van der Waals surface area contributed by atoms with Gasteiger partial charge in [-0.1, -0.05) is 44.2 Å². The van der Waals surface area contributed by atoms with Crippen LogP contribution in [-0.2, 0) is 0 Å². The van der Waals surface area contributed by atoms with Gasteiger partial charge in [-0.3, -0.25) is 9.69 Å². The normalized spacial score (nSPS) is 18.2. The molecule has 0 aliphatic carbocycles. The molecule has 2 rings (SSSR count). The average Bonchev–Trinajstić information content (AvgIpc) is 2.89. The van der Waals surface area contributed by atoms with E-state index in [4.69, 9.17) is 0 Å². The first-order valence-electron chi connectivity index (χ1n) is 7.02. The highest BCUT2D eigenvalue weighted by atomic mass is 16.1. The Morgan fingerprint density at radius 1 is 1.17 bits per heavy atom. The van der Waals surface area contributed by atoms with Crippen LogP contribution in [0.15, 0.2) is 30.3 Å². The molecule has 1 aromatic carbocycles. The van der Waals surface area contributed by atoms with Gasteiger partial charge >= 0.3 is 0 Å². The van der Waals surface area contributed by atoms with Gasteiger partial charge in [-0.15, -0.1) is 0 Å². The summed E-state index contributed by atoms with van der Waals surface area (Å²) in [5.74, 6) is 0.856. The van der Waals surface area contributed by atoms with Crippen molar-refractivity contribution in [3.05, 3.63) is 35.9 Å². The van der Waals surface area contributed by atoms with E-state index in [1.54, 1.807) is 0 Å². The number of ketones is 1. The first kappa shape index (κ1) is 13.3. The van der Waals surface area contributed by atoms with Crippen LogP contribution in [0.3, 0.4) is 0 Å². The number of carbonyl (C=O) groups is 1. The van der Waals surface area contributed by atoms with E-state index in [0.717, 1.165) is 25.1 Å². The highest BCUT2D eigenvalue weighted by molar-refractivity contribution is 6.00. The quantitative estimate of drug-likeness (QED) is 0.741. The molecule has 0 aromatic heterocycles. The van der Waals surface area contributed by atoms with Gasteiger partial charge < -0.3 is 0 Å². The number of nitrogens with zero attached hydrogens (tertiary/aromatic N) is 1. The lowest BCUT2D eigenvalue weighted by molar-refractivity contribution is 0.0822. The van der Waals surface area contributed by atoms with E-state index in [0.29, 0.717) is 11.7 Å². The van der Waals surface area contributed by atoms with Crippen molar-refractivity contribution < 1.29 is 4.79 Å². The van der Waals surface area contributed by atoms with Gasteiger partial charge in [0.15, 0.2) is 5.78 Å². The van der Waals surface area contributed by atoms with E-state index in [1.165, 1.54) is 12.8 Å². The third-order valence-corrected chi connectivity index (χ3v) is 3.64. The molecule has 0 N–H and O–H groups in total. The molecular formula is C16H23NO. The number of likely N-dealkylation sites (tertiary alicyclic amines) is 1. The van der Waals surface area contributed by atoms with Crippen LogP contribution in [0, 0.1) is 5.92 Å². The van der Waals surface area contributed by atoms with Gasteiger partial charge in [0.1, 0.15) is 0 Å².